The molecule has 0 bridgehead atoms. The van der Waals surface area contributed by atoms with E-state index in [2.05, 4.69) is 4.74 Å². The molecule has 3 rings (SSSR count). The van der Waals surface area contributed by atoms with Crippen molar-refractivity contribution in [1.29, 1.82) is 0 Å². The van der Waals surface area contributed by atoms with E-state index < -0.39 is 94.3 Å². The van der Waals surface area contributed by atoms with E-state index in [4.69, 9.17) is 0 Å². The molecule has 0 aliphatic rings. The highest BCUT2D eigenvalue weighted by molar-refractivity contribution is 6.22. The van der Waals surface area contributed by atoms with Crippen LogP contribution in [0.15, 0.2) is 60.7 Å². The lowest BCUT2D eigenvalue weighted by molar-refractivity contribution is -0.348. The number of nitrogens with zero attached hydrogens (tertiary/aromatic N) is 1. The first-order chi connectivity index (χ1) is 20.6. The molecule has 0 radical (unpaired) electrons. The lowest BCUT2D eigenvalue weighted by atomic mass is 9.92. The second-order valence-corrected chi connectivity index (χ2v) is 8.98. The van der Waals surface area contributed by atoms with Crippen molar-refractivity contribution in [3.05, 3.63) is 94.6 Å². The minimum absolute atomic E-state index is 0.101. The molecule has 0 saturated carbocycles. The Morgan fingerprint density at radius 2 is 1.38 bits per heavy atom. The Morgan fingerprint density at radius 1 is 0.800 bits per heavy atom. The number of carbonyl (C=O) groups is 3. The summed E-state index contributed by atoms with van der Waals surface area (Å²) in [5, 5.41) is 1.48. The van der Waals surface area contributed by atoms with Gasteiger partial charge in [-0.15, -0.1) is 0 Å². The van der Waals surface area contributed by atoms with Gasteiger partial charge in [0.25, 0.3) is 17.7 Å². The maximum absolute atomic E-state index is 15.6. The van der Waals surface area contributed by atoms with E-state index in [9.17, 15) is 62.7 Å². The first kappa shape index (κ1) is 34.9. The van der Waals surface area contributed by atoms with Crippen LogP contribution in [0.1, 0.15) is 31.8 Å². The van der Waals surface area contributed by atoms with Crippen molar-refractivity contribution in [3.63, 3.8) is 0 Å². The number of nitrogens with one attached hydrogen (secondary N) is 1. The number of hydrogen-bond acceptors (Lipinski definition) is 4. The maximum atomic E-state index is 15.6. The third-order valence-electron chi connectivity index (χ3n) is 6.03. The van der Waals surface area contributed by atoms with Gasteiger partial charge in [0.2, 0.25) is 0 Å². The molecular weight excluding hydrogens is 644 g/mol. The molecule has 0 unspecified atom stereocenters. The predicted molar refractivity (Wildman–Crippen MR) is 131 cm³/mol. The molecule has 0 atom stereocenters. The quantitative estimate of drug-likeness (QED) is 0.269. The summed E-state index contributed by atoms with van der Waals surface area (Å²) in [7, 11) is 1.03. The molecule has 45 heavy (non-hydrogen) atoms. The number of ether oxygens (including phenoxy) is 1. The van der Waals surface area contributed by atoms with Gasteiger partial charge in [0, 0.05) is 18.2 Å². The Bertz CT molecular complexity index is 1590. The van der Waals surface area contributed by atoms with Gasteiger partial charge in [0.15, 0.2) is 5.82 Å². The van der Waals surface area contributed by atoms with Gasteiger partial charge in [0.05, 0.1) is 22.5 Å². The summed E-state index contributed by atoms with van der Waals surface area (Å²) < 4.78 is 168. The topological polar surface area (TPSA) is 75.7 Å². The molecule has 0 aliphatic carbocycles. The third kappa shape index (κ3) is 6.89. The monoisotopic (exact) mass is 660 g/mol. The summed E-state index contributed by atoms with van der Waals surface area (Å²) in [4.78, 5) is 38.8. The fraction of sp³-hybridized carbons (Fsp3) is 0.222. The Labute approximate surface area is 244 Å². The van der Waals surface area contributed by atoms with Gasteiger partial charge in [-0.05, 0) is 48.5 Å². The molecule has 0 spiro atoms. The number of imide groups is 1. The van der Waals surface area contributed by atoms with Crippen LogP contribution in [0.3, 0.4) is 0 Å². The number of amides is 3. The van der Waals surface area contributed by atoms with Crippen LogP contribution in [0.4, 0.5) is 64.1 Å². The highest BCUT2D eigenvalue weighted by Crippen LogP contribution is 2.54. The second-order valence-electron chi connectivity index (χ2n) is 8.98. The summed E-state index contributed by atoms with van der Waals surface area (Å²) in [5.74, 6) is -6.74. The van der Waals surface area contributed by atoms with Crippen molar-refractivity contribution < 1.29 is 71.8 Å². The van der Waals surface area contributed by atoms with Gasteiger partial charge in [-0.1, -0.05) is 12.1 Å². The molecule has 18 heteroatoms. The summed E-state index contributed by atoms with van der Waals surface area (Å²) in [6.45, 7) is -0.837. The van der Waals surface area contributed by atoms with E-state index >= 15 is 4.39 Å². The van der Waals surface area contributed by atoms with Gasteiger partial charge in [-0.25, -0.2) is 18.1 Å². The summed E-state index contributed by atoms with van der Waals surface area (Å²) in [5.41, 5.74) is -15.1. The number of hydrogen-bond donors (Lipinski definition) is 1. The Balaban J connectivity index is 2.10. The van der Waals surface area contributed by atoms with E-state index in [0.29, 0.717) is 6.07 Å². The number of benzene rings is 3. The molecular formula is C27H16F12N2O4. The second kappa shape index (κ2) is 12.4. The third-order valence-corrected chi connectivity index (χ3v) is 6.03. The number of alkyl halides is 10. The van der Waals surface area contributed by atoms with E-state index in [1.807, 2.05) is 0 Å². The van der Waals surface area contributed by atoms with E-state index in [0.717, 1.165) is 43.5 Å². The fourth-order valence-corrected chi connectivity index (χ4v) is 3.91. The Kier molecular flexibility index (Phi) is 9.62. The molecule has 242 valence electrons. The molecule has 0 saturated heterocycles. The van der Waals surface area contributed by atoms with E-state index in [-0.39, 0.29) is 22.6 Å². The van der Waals surface area contributed by atoms with Gasteiger partial charge < -0.3 is 10.1 Å². The summed E-state index contributed by atoms with van der Waals surface area (Å²) in [6.07, 6.45) is -19.3. The number of halogens is 12. The fourth-order valence-electron chi connectivity index (χ4n) is 3.91. The normalized spacial score (nSPS) is 12.6. The van der Waals surface area contributed by atoms with Crippen LogP contribution >= 0.6 is 0 Å². The standard InChI is InChI=1S/C27H16F12N2O4/c1-45-12-20(42)41(23(44)13-5-8-15(28)9-6-13)19-4-2-3-16(21(19)29)22(43)40-18-10-7-14(11-17(18)25(31,32)33)24(30,26(34,35)36)27(37,38)39/h2-11H,12H2,1H3,(H,40,43). The van der Waals surface area contributed by atoms with Gasteiger partial charge in [0.1, 0.15) is 12.4 Å². The predicted octanol–water partition coefficient (Wildman–Crippen LogP) is 7.35. The molecule has 0 aromatic heterocycles. The van der Waals surface area contributed by atoms with Crippen molar-refractivity contribution in [2.75, 3.05) is 23.9 Å². The minimum atomic E-state index is -6.75. The molecule has 0 heterocycles. The highest BCUT2D eigenvalue weighted by Gasteiger charge is 2.73. The Hall–Kier alpha value is -4.61. The number of rotatable bonds is 7. The first-order valence-electron chi connectivity index (χ1n) is 11.9. The molecule has 6 nitrogen and oxygen atoms in total. The number of methoxy groups -OCH3 is 1. The van der Waals surface area contributed by atoms with Crippen LogP contribution in [0, 0.1) is 11.6 Å². The van der Waals surface area contributed by atoms with Gasteiger partial charge in [-0.3, -0.25) is 14.4 Å². The highest BCUT2D eigenvalue weighted by atomic mass is 19.4. The van der Waals surface area contributed by atoms with E-state index in [1.54, 1.807) is 0 Å². The van der Waals surface area contributed by atoms with Crippen molar-refractivity contribution in [2.24, 2.45) is 0 Å². The van der Waals surface area contributed by atoms with Crippen molar-refractivity contribution in [2.45, 2.75) is 24.2 Å². The summed E-state index contributed by atoms with van der Waals surface area (Å²) in [6, 6.07) is 4.60. The maximum Gasteiger partial charge on any atom is 0.435 e. The molecule has 3 amide bonds. The van der Waals surface area contributed by atoms with Crippen LogP contribution in [0.5, 0.6) is 0 Å². The molecule has 0 aliphatic heterocycles. The first-order valence-corrected chi connectivity index (χ1v) is 11.9. The molecule has 3 aromatic rings. The molecule has 0 fully saturated rings. The van der Waals surface area contributed by atoms with Crippen molar-refractivity contribution in [3.8, 4) is 0 Å². The minimum Gasteiger partial charge on any atom is -0.375 e. The number of anilines is 2. The average molecular weight is 660 g/mol. The largest absolute Gasteiger partial charge is 0.435 e. The smallest absolute Gasteiger partial charge is 0.375 e. The number of carbonyl (C=O) groups excluding carboxylic acids is 3. The van der Waals surface area contributed by atoms with Crippen LogP contribution in [-0.4, -0.2) is 43.8 Å². The van der Waals surface area contributed by atoms with Gasteiger partial charge >= 0.3 is 24.2 Å². The van der Waals surface area contributed by atoms with Crippen molar-refractivity contribution in [1.82, 2.24) is 0 Å². The van der Waals surface area contributed by atoms with Gasteiger partial charge in [-0.2, -0.15) is 39.5 Å². The van der Waals surface area contributed by atoms with Crippen molar-refractivity contribution >= 4 is 29.1 Å². The van der Waals surface area contributed by atoms with Crippen LogP contribution < -0.4 is 10.2 Å². The molecule has 1 N–H and O–H groups in total. The lowest BCUT2D eigenvalue weighted by Crippen LogP contribution is -2.50. The molecule has 3 aromatic carbocycles. The lowest BCUT2D eigenvalue weighted by Gasteiger charge is -2.31. The van der Waals surface area contributed by atoms with E-state index in [1.165, 1.54) is 5.32 Å². The van der Waals surface area contributed by atoms with Crippen LogP contribution in [0.25, 0.3) is 0 Å². The zero-order valence-electron chi connectivity index (χ0n) is 22.1. The van der Waals surface area contributed by atoms with Crippen LogP contribution in [-0.2, 0) is 21.4 Å². The summed E-state index contributed by atoms with van der Waals surface area (Å²) >= 11 is 0. The average Bonchev–Trinajstić information content (AvgIpc) is 2.92. The van der Waals surface area contributed by atoms with Crippen LogP contribution in [0.2, 0.25) is 0 Å². The SMILES string of the molecule is COCC(=O)N(C(=O)c1ccc(F)cc1)c1cccc(C(=O)Nc2ccc(C(F)(C(F)(F)F)C(F)(F)F)cc2C(F)(F)F)c1F. The zero-order chi connectivity index (χ0) is 34.1. The Morgan fingerprint density at radius 3 is 1.89 bits per heavy atom. The zero-order valence-corrected chi connectivity index (χ0v) is 22.1.